The van der Waals surface area contributed by atoms with Crippen molar-refractivity contribution in [1.29, 1.82) is 0 Å². The fourth-order valence-electron chi connectivity index (χ4n) is 6.36. The number of fused-ring (bicyclic) bond motifs is 1. The third-order valence-corrected chi connectivity index (χ3v) is 8.48. The van der Waals surface area contributed by atoms with Crippen LogP contribution in [0.1, 0.15) is 57.5 Å². The summed E-state index contributed by atoms with van der Waals surface area (Å²) < 4.78 is 5.33. The quantitative estimate of drug-likeness (QED) is 0.453. The molecule has 0 radical (unpaired) electrons. The topological polar surface area (TPSA) is 83.1 Å². The lowest BCUT2D eigenvalue weighted by molar-refractivity contribution is -0.137. The Balaban J connectivity index is 1.19. The predicted molar refractivity (Wildman–Crippen MR) is 147 cm³/mol. The maximum atomic E-state index is 14.0. The monoisotopic (exact) mass is 524 g/mol. The van der Waals surface area contributed by atoms with E-state index in [0.717, 1.165) is 48.2 Å². The summed E-state index contributed by atoms with van der Waals surface area (Å²) in [4.78, 5) is 50.0. The Morgan fingerprint density at radius 2 is 1.59 bits per heavy atom. The van der Waals surface area contributed by atoms with Gasteiger partial charge in [0.15, 0.2) is 0 Å². The third-order valence-electron chi connectivity index (χ3n) is 8.48. The second kappa shape index (κ2) is 10.2. The fraction of sp³-hybridized carbons (Fsp3) is 0.355. The highest BCUT2D eigenvalue weighted by atomic mass is 16.5. The van der Waals surface area contributed by atoms with Gasteiger partial charge in [0, 0.05) is 38.6 Å². The number of hydrogen-bond acceptors (Lipinski definition) is 6. The van der Waals surface area contributed by atoms with Gasteiger partial charge in [-0.05, 0) is 60.4 Å². The first-order valence-electron chi connectivity index (χ1n) is 13.6. The minimum Gasteiger partial charge on any atom is -0.497 e. The highest BCUT2D eigenvalue weighted by Gasteiger charge is 2.46. The molecule has 0 N–H and O–H groups in total. The summed E-state index contributed by atoms with van der Waals surface area (Å²) in [6, 6.07) is 17.0. The first-order chi connectivity index (χ1) is 19.0. The lowest BCUT2D eigenvalue weighted by Gasteiger charge is -2.41. The molecule has 3 aliphatic rings. The van der Waals surface area contributed by atoms with Crippen LogP contribution in [0, 0.1) is 0 Å². The number of benzene rings is 2. The molecule has 2 fully saturated rings. The molecule has 1 saturated carbocycles. The van der Waals surface area contributed by atoms with Gasteiger partial charge in [0.2, 0.25) is 5.91 Å². The number of imide groups is 1. The van der Waals surface area contributed by atoms with E-state index in [9.17, 15) is 14.4 Å². The number of anilines is 1. The summed E-state index contributed by atoms with van der Waals surface area (Å²) in [6.07, 6.45) is 7.11. The number of pyridine rings is 1. The number of rotatable bonds is 6. The van der Waals surface area contributed by atoms with Crippen LogP contribution in [0.5, 0.6) is 5.75 Å². The maximum Gasteiger partial charge on any atom is 0.263 e. The molecule has 3 amide bonds. The SMILES string of the molecule is COc1ccc(C2(C(=O)N3CCN(c4cccc5c4C(=O)N(Cc4ccncc4)C5=O)CC3)CCCC2)cc1. The minimum absolute atomic E-state index is 0.192. The maximum absolute atomic E-state index is 14.0. The normalized spacial score (nSPS) is 18.4. The molecule has 1 aliphatic carbocycles. The number of methoxy groups -OCH3 is 1. The van der Waals surface area contributed by atoms with Gasteiger partial charge in [-0.15, -0.1) is 0 Å². The molecule has 6 rings (SSSR count). The Hall–Kier alpha value is -4.20. The van der Waals surface area contributed by atoms with Gasteiger partial charge in [-0.25, -0.2) is 0 Å². The molecule has 3 aromatic rings. The molecule has 0 unspecified atom stereocenters. The van der Waals surface area contributed by atoms with E-state index in [-0.39, 0.29) is 24.3 Å². The Kier molecular flexibility index (Phi) is 6.54. The first-order valence-corrected chi connectivity index (χ1v) is 13.6. The summed E-state index contributed by atoms with van der Waals surface area (Å²) >= 11 is 0. The molecule has 2 aromatic carbocycles. The van der Waals surface area contributed by atoms with E-state index in [1.165, 1.54) is 4.90 Å². The first kappa shape index (κ1) is 25.1. The average molecular weight is 525 g/mol. The second-order valence-corrected chi connectivity index (χ2v) is 10.5. The van der Waals surface area contributed by atoms with Crippen molar-refractivity contribution < 1.29 is 19.1 Å². The van der Waals surface area contributed by atoms with Crippen molar-refractivity contribution in [3.05, 3.63) is 89.2 Å². The number of nitrogens with zero attached hydrogens (tertiary/aromatic N) is 4. The van der Waals surface area contributed by atoms with Crippen LogP contribution in [0.2, 0.25) is 0 Å². The van der Waals surface area contributed by atoms with Gasteiger partial charge >= 0.3 is 0 Å². The van der Waals surface area contributed by atoms with Crippen LogP contribution in [0.15, 0.2) is 67.0 Å². The van der Waals surface area contributed by atoms with Gasteiger partial charge < -0.3 is 14.5 Å². The summed E-state index contributed by atoms with van der Waals surface area (Å²) in [6.45, 7) is 2.57. The average Bonchev–Trinajstić information content (AvgIpc) is 3.58. The zero-order valence-corrected chi connectivity index (χ0v) is 22.1. The number of piperazine rings is 1. The summed E-state index contributed by atoms with van der Waals surface area (Å²) in [5, 5.41) is 0. The van der Waals surface area contributed by atoms with Crippen LogP contribution in [-0.2, 0) is 16.8 Å². The Bertz CT molecular complexity index is 1390. The van der Waals surface area contributed by atoms with E-state index in [1.807, 2.05) is 53.4 Å². The molecule has 8 nitrogen and oxygen atoms in total. The van der Waals surface area contributed by atoms with E-state index >= 15 is 0 Å². The Labute approximate surface area is 228 Å². The zero-order chi connectivity index (χ0) is 27.0. The molecule has 200 valence electrons. The molecule has 3 heterocycles. The van der Waals surface area contributed by atoms with E-state index < -0.39 is 5.41 Å². The number of amides is 3. The van der Waals surface area contributed by atoms with Gasteiger partial charge in [0.25, 0.3) is 11.8 Å². The fourth-order valence-corrected chi connectivity index (χ4v) is 6.36. The zero-order valence-electron chi connectivity index (χ0n) is 22.1. The lowest BCUT2D eigenvalue weighted by Crippen LogP contribution is -2.54. The van der Waals surface area contributed by atoms with E-state index in [4.69, 9.17) is 4.74 Å². The molecule has 0 spiro atoms. The van der Waals surface area contributed by atoms with Crippen molar-refractivity contribution >= 4 is 23.4 Å². The molecule has 1 aromatic heterocycles. The van der Waals surface area contributed by atoms with Crippen LogP contribution in [0.3, 0.4) is 0 Å². The van der Waals surface area contributed by atoms with Crippen molar-refractivity contribution in [3.63, 3.8) is 0 Å². The van der Waals surface area contributed by atoms with Crippen molar-refractivity contribution in [1.82, 2.24) is 14.8 Å². The van der Waals surface area contributed by atoms with Crippen molar-refractivity contribution in [3.8, 4) is 5.75 Å². The van der Waals surface area contributed by atoms with Crippen LogP contribution in [0.25, 0.3) is 0 Å². The Morgan fingerprint density at radius 1 is 0.897 bits per heavy atom. The summed E-state index contributed by atoms with van der Waals surface area (Å²) in [7, 11) is 1.65. The third kappa shape index (κ3) is 4.33. The van der Waals surface area contributed by atoms with Gasteiger partial charge in [-0.1, -0.05) is 31.0 Å². The predicted octanol–water partition coefficient (Wildman–Crippen LogP) is 4.05. The minimum atomic E-state index is -0.488. The lowest BCUT2D eigenvalue weighted by atomic mass is 9.77. The Morgan fingerprint density at radius 3 is 2.26 bits per heavy atom. The van der Waals surface area contributed by atoms with Crippen LogP contribution >= 0.6 is 0 Å². The molecule has 39 heavy (non-hydrogen) atoms. The number of aromatic nitrogens is 1. The summed E-state index contributed by atoms with van der Waals surface area (Å²) in [5.41, 5.74) is 3.09. The van der Waals surface area contributed by atoms with Crippen LogP contribution in [-0.4, -0.2) is 65.8 Å². The molecule has 8 heteroatoms. The molecular weight excluding hydrogens is 492 g/mol. The van der Waals surface area contributed by atoms with Crippen LogP contribution < -0.4 is 9.64 Å². The van der Waals surface area contributed by atoms with Gasteiger partial charge in [-0.2, -0.15) is 0 Å². The van der Waals surface area contributed by atoms with Gasteiger partial charge in [-0.3, -0.25) is 24.3 Å². The standard InChI is InChI=1S/C31H32N4O4/c1-39-24-9-7-23(8-10-24)31(13-2-3-14-31)30(38)34-19-17-33(18-20-34)26-6-4-5-25-27(26)29(37)35(28(25)36)21-22-11-15-32-16-12-22/h4-12,15-16H,2-3,13-14,17-21H2,1H3. The van der Waals surface area contributed by atoms with E-state index in [2.05, 4.69) is 9.88 Å². The number of carbonyl (C=O) groups is 3. The number of carbonyl (C=O) groups excluding carboxylic acids is 3. The van der Waals surface area contributed by atoms with Gasteiger partial charge in [0.1, 0.15) is 5.75 Å². The number of ether oxygens (including phenoxy) is 1. The van der Waals surface area contributed by atoms with Crippen LogP contribution in [0.4, 0.5) is 5.69 Å². The molecule has 0 bridgehead atoms. The van der Waals surface area contributed by atoms with Crippen molar-refractivity contribution in [2.24, 2.45) is 0 Å². The smallest absolute Gasteiger partial charge is 0.263 e. The van der Waals surface area contributed by atoms with Gasteiger partial charge in [0.05, 0.1) is 35.9 Å². The molecule has 2 aliphatic heterocycles. The number of hydrogen-bond donors (Lipinski definition) is 0. The van der Waals surface area contributed by atoms with Crippen molar-refractivity contribution in [2.45, 2.75) is 37.6 Å². The van der Waals surface area contributed by atoms with Crippen molar-refractivity contribution in [2.75, 3.05) is 38.2 Å². The van der Waals surface area contributed by atoms with E-state index in [1.54, 1.807) is 25.6 Å². The molecule has 0 atom stereocenters. The summed E-state index contributed by atoms with van der Waals surface area (Å²) in [5.74, 6) is 0.434. The molecule has 1 saturated heterocycles. The molecular formula is C31H32N4O4. The second-order valence-electron chi connectivity index (χ2n) is 10.5. The highest BCUT2D eigenvalue weighted by Crippen LogP contribution is 2.43. The van der Waals surface area contributed by atoms with E-state index in [0.29, 0.717) is 37.3 Å². The largest absolute Gasteiger partial charge is 0.497 e. The highest BCUT2D eigenvalue weighted by molar-refractivity contribution is 6.23.